The van der Waals surface area contributed by atoms with Crippen LogP contribution in [0.4, 0.5) is 0 Å². The van der Waals surface area contributed by atoms with Crippen molar-refractivity contribution in [2.75, 3.05) is 20.3 Å². The van der Waals surface area contributed by atoms with Gasteiger partial charge in [0.05, 0.1) is 43.6 Å². The third-order valence-electron chi connectivity index (χ3n) is 6.09. The molecular weight excluding hydrogens is 432 g/mol. The zero-order valence-electron chi connectivity index (χ0n) is 16.9. The molecule has 1 spiro atoms. The van der Waals surface area contributed by atoms with E-state index in [9.17, 15) is 35.1 Å². The van der Waals surface area contributed by atoms with Crippen molar-refractivity contribution in [3.8, 4) is 0 Å². The number of hydrogen-bond acceptors (Lipinski definition) is 12. The van der Waals surface area contributed by atoms with E-state index in [4.69, 9.17) is 23.7 Å². The van der Waals surface area contributed by atoms with Crippen LogP contribution in [0, 0.1) is 11.8 Å². The van der Waals surface area contributed by atoms with Gasteiger partial charge >= 0.3 is 11.9 Å². The normalized spacial score (nSPS) is 42.8. The topological polar surface area (TPSA) is 181 Å². The Morgan fingerprint density at radius 1 is 1.16 bits per heavy atom. The van der Waals surface area contributed by atoms with Gasteiger partial charge in [0.15, 0.2) is 11.9 Å². The van der Waals surface area contributed by atoms with E-state index in [1.807, 2.05) is 0 Å². The van der Waals surface area contributed by atoms with E-state index in [2.05, 4.69) is 0 Å². The predicted molar refractivity (Wildman–Crippen MR) is 99.9 cm³/mol. The van der Waals surface area contributed by atoms with Gasteiger partial charge in [0.2, 0.25) is 6.29 Å². The molecule has 4 aliphatic rings. The highest BCUT2D eigenvalue weighted by molar-refractivity contribution is 5.93. The van der Waals surface area contributed by atoms with Crippen molar-refractivity contribution >= 4 is 11.9 Å². The van der Waals surface area contributed by atoms with Crippen molar-refractivity contribution in [3.05, 3.63) is 35.6 Å². The molecule has 0 saturated carbocycles. The third kappa shape index (κ3) is 3.53. The number of esters is 2. The molecule has 0 amide bonds. The van der Waals surface area contributed by atoms with Crippen LogP contribution in [-0.4, -0.2) is 100 Å². The number of rotatable bonds is 5. The van der Waals surface area contributed by atoms with Gasteiger partial charge in [-0.2, -0.15) is 0 Å². The van der Waals surface area contributed by atoms with Crippen molar-refractivity contribution in [2.45, 2.75) is 42.6 Å². The fraction of sp³-hybridized carbons (Fsp3) is 0.600. The van der Waals surface area contributed by atoms with E-state index in [0.717, 1.165) is 6.26 Å². The number of fused-ring (bicyclic) bond motifs is 2. The van der Waals surface area contributed by atoms with E-state index < -0.39 is 79.6 Å². The van der Waals surface area contributed by atoms with E-state index in [1.165, 1.54) is 19.3 Å². The highest BCUT2D eigenvalue weighted by atomic mass is 16.8. The van der Waals surface area contributed by atoms with Crippen LogP contribution in [0.1, 0.15) is 0 Å². The first kappa shape index (κ1) is 22.9. The maximum absolute atomic E-state index is 12.2. The zero-order valence-corrected chi connectivity index (χ0v) is 16.9. The average molecular weight is 456 g/mol. The van der Waals surface area contributed by atoms with E-state index in [-0.39, 0.29) is 11.1 Å². The molecule has 12 heteroatoms. The summed E-state index contributed by atoms with van der Waals surface area (Å²) in [5.41, 5.74) is -1.29. The standard InChI is InChI=1S/C20H24O12/c1-28-17(27)10-7-29-18(31-19-15(25)14(24)13(23)11(6-22)30-19)12-9(10)2-3-20(12)4-8(5-21)16(26)32-20/h2-4,7,9,11-15,18-19,21-25H,5-6H2,1H3/t9-,11-,12-,13-,14+,15-,18+,19+,20?/m1/s1. The highest BCUT2D eigenvalue weighted by Crippen LogP contribution is 2.50. The Hall–Kier alpha value is -2.32. The van der Waals surface area contributed by atoms with Gasteiger partial charge in [0.1, 0.15) is 24.4 Å². The van der Waals surface area contributed by atoms with Gasteiger partial charge < -0.3 is 49.2 Å². The molecular formula is C20H24O12. The van der Waals surface area contributed by atoms with Gasteiger partial charge in [-0.05, 0) is 12.2 Å². The minimum atomic E-state index is -1.69. The van der Waals surface area contributed by atoms with Crippen LogP contribution in [0.5, 0.6) is 0 Å². The maximum Gasteiger partial charge on any atom is 0.337 e. The lowest BCUT2D eigenvalue weighted by molar-refractivity contribution is -0.344. The number of carbonyl (C=O) groups is 2. The molecule has 1 unspecified atom stereocenters. The van der Waals surface area contributed by atoms with E-state index >= 15 is 0 Å². The summed E-state index contributed by atoms with van der Waals surface area (Å²) in [5.74, 6) is -3.00. The number of hydrogen-bond donors (Lipinski definition) is 5. The predicted octanol–water partition coefficient (Wildman–Crippen LogP) is -2.77. The summed E-state index contributed by atoms with van der Waals surface area (Å²) in [4.78, 5) is 24.4. The second kappa shape index (κ2) is 8.56. The van der Waals surface area contributed by atoms with Crippen LogP contribution >= 0.6 is 0 Å². The van der Waals surface area contributed by atoms with Gasteiger partial charge in [0, 0.05) is 5.92 Å². The highest BCUT2D eigenvalue weighted by Gasteiger charge is 2.59. The van der Waals surface area contributed by atoms with Crippen molar-refractivity contribution in [1.29, 1.82) is 0 Å². The molecule has 5 N–H and O–H groups in total. The molecule has 1 saturated heterocycles. The maximum atomic E-state index is 12.2. The van der Waals surface area contributed by atoms with Crippen molar-refractivity contribution in [1.82, 2.24) is 0 Å². The second-order valence-corrected chi connectivity index (χ2v) is 7.88. The second-order valence-electron chi connectivity index (χ2n) is 7.88. The molecule has 1 aliphatic carbocycles. The summed E-state index contributed by atoms with van der Waals surface area (Å²) in [6.07, 6.45) is -3.27. The number of aliphatic hydroxyl groups is 5. The van der Waals surface area contributed by atoms with Gasteiger partial charge in [-0.3, -0.25) is 0 Å². The molecule has 4 rings (SSSR count). The van der Waals surface area contributed by atoms with Crippen LogP contribution in [0.15, 0.2) is 35.6 Å². The van der Waals surface area contributed by atoms with E-state index in [1.54, 1.807) is 6.08 Å². The molecule has 1 fully saturated rings. The fourth-order valence-electron chi connectivity index (χ4n) is 4.42. The van der Waals surface area contributed by atoms with Gasteiger partial charge in [-0.25, -0.2) is 9.59 Å². The molecule has 0 aromatic rings. The monoisotopic (exact) mass is 456 g/mol. The number of carbonyl (C=O) groups excluding carboxylic acids is 2. The summed E-state index contributed by atoms with van der Waals surface area (Å²) >= 11 is 0. The quantitative estimate of drug-likeness (QED) is 0.213. The van der Waals surface area contributed by atoms with Crippen molar-refractivity contribution < 1.29 is 58.8 Å². The van der Waals surface area contributed by atoms with Crippen LogP contribution in [0.3, 0.4) is 0 Å². The smallest absolute Gasteiger partial charge is 0.337 e. The molecule has 9 atom stereocenters. The Kier molecular flexibility index (Phi) is 6.11. The van der Waals surface area contributed by atoms with Crippen molar-refractivity contribution in [3.63, 3.8) is 0 Å². The number of methoxy groups -OCH3 is 1. The van der Waals surface area contributed by atoms with Gasteiger partial charge in [0.25, 0.3) is 0 Å². The Labute approximate surface area is 181 Å². The summed E-state index contributed by atoms with van der Waals surface area (Å²) in [6.45, 7) is -1.22. The lowest BCUT2D eigenvalue weighted by Gasteiger charge is -2.44. The Morgan fingerprint density at radius 3 is 2.53 bits per heavy atom. The van der Waals surface area contributed by atoms with Crippen LogP contribution in [0.25, 0.3) is 0 Å². The molecule has 0 aromatic carbocycles. The molecule has 3 heterocycles. The molecule has 0 aromatic heterocycles. The summed E-state index contributed by atoms with van der Waals surface area (Å²) < 4.78 is 27.1. The third-order valence-corrected chi connectivity index (χ3v) is 6.09. The number of allylic oxidation sites excluding steroid dienone is 1. The average Bonchev–Trinajstić information content (AvgIpc) is 3.33. The zero-order chi connectivity index (χ0) is 23.2. The van der Waals surface area contributed by atoms with Gasteiger partial charge in [-0.15, -0.1) is 0 Å². The van der Waals surface area contributed by atoms with Crippen LogP contribution < -0.4 is 0 Å². The number of ether oxygens (including phenoxy) is 5. The molecule has 0 radical (unpaired) electrons. The number of aliphatic hydroxyl groups excluding tert-OH is 5. The summed E-state index contributed by atoms with van der Waals surface area (Å²) in [6, 6.07) is 0. The first-order valence-electron chi connectivity index (χ1n) is 9.91. The van der Waals surface area contributed by atoms with Gasteiger partial charge in [-0.1, -0.05) is 6.08 Å². The molecule has 0 bridgehead atoms. The fourth-order valence-corrected chi connectivity index (χ4v) is 4.42. The molecule has 3 aliphatic heterocycles. The Balaban J connectivity index is 1.66. The first-order valence-corrected chi connectivity index (χ1v) is 9.91. The van der Waals surface area contributed by atoms with E-state index in [0.29, 0.717) is 0 Å². The SMILES string of the molecule is COC(=O)C1=CO[C@@H](O[C@@H]2O[C@H](CO)[C@@H](O)[C@H](O)[C@H]2O)[C@H]2[C@@H]1C=CC21C=C(CO)C(=O)O1. The lowest BCUT2D eigenvalue weighted by atomic mass is 9.79. The lowest BCUT2D eigenvalue weighted by Crippen LogP contribution is -2.60. The molecule has 176 valence electrons. The largest absolute Gasteiger partial charge is 0.471 e. The Bertz CT molecular complexity index is 863. The first-order chi connectivity index (χ1) is 15.3. The van der Waals surface area contributed by atoms with Crippen LogP contribution in [-0.2, 0) is 33.3 Å². The summed E-state index contributed by atoms with van der Waals surface area (Å²) in [5, 5.41) is 49.2. The molecule has 32 heavy (non-hydrogen) atoms. The van der Waals surface area contributed by atoms with Crippen molar-refractivity contribution in [2.24, 2.45) is 11.8 Å². The molecule has 12 nitrogen and oxygen atoms in total. The van der Waals surface area contributed by atoms with Crippen LogP contribution in [0.2, 0.25) is 0 Å². The summed E-state index contributed by atoms with van der Waals surface area (Å²) in [7, 11) is 1.20. The minimum absolute atomic E-state index is 0.0102. The minimum Gasteiger partial charge on any atom is -0.471 e. The Morgan fingerprint density at radius 2 is 1.91 bits per heavy atom.